The highest BCUT2D eigenvalue weighted by Gasteiger charge is 2.18. The molecule has 2 aliphatic rings. The van der Waals surface area contributed by atoms with E-state index in [-0.39, 0.29) is 0 Å². The van der Waals surface area contributed by atoms with Gasteiger partial charge in [-0.15, -0.1) is 0 Å². The Kier molecular flexibility index (Phi) is 2.21. The van der Waals surface area contributed by atoms with Gasteiger partial charge in [-0.1, -0.05) is 13.0 Å². The maximum Gasteiger partial charge on any atom is 0.143 e. The van der Waals surface area contributed by atoms with E-state index in [9.17, 15) is 0 Å². The lowest BCUT2D eigenvalue weighted by atomic mass is 10.1. The number of amidine groups is 1. The molecule has 3 heteroatoms. The molecule has 0 fully saturated rings. The van der Waals surface area contributed by atoms with E-state index in [0.29, 0.717) is 0 Å². The molecule has 0 aromatic rings. The lowest BCUT2D eigenvalue weighted by Crippen LogP contribution is -2.33. The Bertz CT molecular complexity index is 266. The van der Waals surface area contributed by atoms with Crippen LogP contribution < -0.4 is 0 Å². The zero-order valence-electron chi connectivity index (χ0n) is 7.16. The van der Waals surface area contributed by atoms with E-state index in [1.807, 2.05) is 0 Å². The smallest absolute Gasteiger partial charge is 0.143 e. The van der Waals surface area contributed by atoms with Crippen molar-refractivity contribution >= 4 is 17.8 Å². The Hall–Kier alpha value is -0.700. The van der Waals surface area contributed by atoms with Crippen LogP contribution in [0.1, 0.15) is 13.3 Å². The van der Waals surface area contributed by atoms with Crippen LogP contribution in [0.25, 0.3) is 0 Å². The molecule has 0 bridgehead atoms. The molecule has 2 heterocycles. The Morgan fingerprint density at radius 2 is 2.58 bits per heavy atom. The number of nitrogens with zero attached hydrogens (tertiary/aromatic N) is 2. The number of fused-ring (bicyclic) bond motifs is 1. The van der Waals surface area contributed by atoms with Crippen LogP contribution in [0.3, 0.4) is 0 Å². The second kappa shape index (κ2) is 3.35. The van der Waals surface area contributed by atoms with Gasteiger partial charge in [0.2, 0.25) is 0 Å². The normalized spacial score (nSPS) is 21.6. The lowest BCUT2D eigenvalue weighted by molar-refractivity contribution is 0.585. The first kappa shape index (κ1) is 7.92. The van der Waals surface area contributed by atoms with E-state index in [4.69, 9.17) is 0 Å². The third-order valence-electron chi connectivity index (χ3n) is 2.08. The van der Waals surface area contributed by atoms with Gasteiger partial charge in [0.15, 0.2) is 0 Å². The fraction of sp³-hybridized carbons (Fsp3) is 0.444. The summed E-state index contributed by atoms with van der Waals surface area (Å²) >= 11 is 1.67. The standard InChI is InChI=1S/C9H12N2S/c1-2-8-4-3-5-11-6-7-12-10-9(8)11/h3-5H,2,6-7H2,1H3. The molecule has 0 N–H and O–H groups in total. The summed E-state index contributed by atoms with van der Waals surface area (Å²) in [6, 6.07) is 0. The molecule has 0 amide bonds. The van der Waals surface area contributed by atoms with Gasteiger partial charge < -0.3 is 4.90 Å². The summed E-state index contributed by atoms with van der Waals surface area (Å²) < 4.78 is 4.44. The summed E-state index contributed by atoms with van der Waals surface area (Å²) in [5, 5.41) is 0. The number of rotatable bonds is 1. The van der Waals surface area contributed by atoms with Crippen molar-refractivity contribution in [3.8, 4) is 0 Å². The van der Waals surface area contributed by atoms with Crippen molar-refractivity contribution in [3.05, 3.63) is 23.9 Å². The van der Waals surface area contributed by atoms with Crippen LogP contribution in [0, 0.1) is 0 Å². The third kappa shape index (κ3) is 1.29. The molecule has 0 radical (unpaired) electrons. The van der Waals surface area contributed by atoms with E-state index >= 15 is 0 Å². The first-order valence-corrected chi connectivity index (χ1v) is 5.20. The van der Waals surface area contributed by atoms with Crippen LogP contribution in [0.5, 0.6) is 0 Å². The topological polar surface area (TPSA) is 15.6 Å². The quantitative estimate of drug-likeness (QED) is 0.575. The third-order valence-corrected chi connectivity index (χ3v) is 2.75. The molecular formula is C9H12N2S. The molecule has 0 spiro atoms. The highest BCUT2D eigenvalue weighted by molar-refractivity contribution is 7.98. The second-order valence-electron chi connectivity index (χ2n) is 2.83. The van der Waals surface area contributed by atoms with Gasteiger partial charge in [-0.05, 0) is 30.0 Å². The first-order valence-electron chi connectivity index (χ1n) is 4.26. The van der Waals surface area contributed by atoms with Crippen LogP contribution in [0.2, 0.25) is 0 Å². The van der Waals surface area contributed by atoms with Crippen molar-refractivity contribution in [1.82, 2.24) is 4.90 Å². The molecule has 0 saturated carbocycles. The molecular weight excluding hydrogens is 168 g/mol. The zero-order chi connectivity index (χ0) is 8.39. The van der Waals surface area contributed by atoms with Crippen LogP contribution >= 0.6 is 11.9 Å². The van der Waals surface area contributed by atoms with Crippen molar-refractivity contribution in [2.75, 3.05) is 12.3 Å². The van der Waals surface area contributed by atoms with Crippen molar-refractivity contribution in [2.24, 2.45) is 4.40 Å². The Morgan fingerprint density at radius 1 is 1.67 bits per heavy atom. The molecule has 64 valence electrons. The molecule has 0 aromatic heterocycles. The predicted octanol–water partition coefficient (Wildman–Crippen LogP) is 2.21. The van der Waals surface area contributed by atoms with E-state index in [1.54, 1.807) is 11.9 Å². The Labute approximate surface area is 77.2 Å². The molecule has 0 aromatic carbocycles. The van der Waals surface area contributed by atoms with Crippen LogP contribution in [0.4, 0.5) is 0 Å². The van der Waals surface area contributed by atoms with Crippen molar-refractivity contribution in [1.29, 1.82) is 0 Å². The molecule has 0 aliphatic carbocycles. The number of hydrogen-bond acceptors (Lipinski definition) is 3. The molecule has 2 rings (SSSR count). The molecule has 2 aliphatic heterocycles. The first-order chi connectivity index (χ1) is 5.92. The van der Waals surface area contributed by atoms with Crippen molar-refractivity contribution in [2.45, 2.75) is 13.3 Å². The molecule has 12 heavy (non-hydrogen) atoms. The van der Waals surface area contributed by atoms with Crippen molar-refractivity contribution < 1.29 is 0 Å². The molecule has 0 atom stereocenters. The van der Waals surface area contributed by atoms with Crippen LogP contribution in [-0.2, 0) is 0 Å². The summed E-state index contributed by atoms with van der Waals surface area (Å²) in [4.78, 5) is 2.23. The Morgan fingerprint density at radius 3 is 3.42 bits per heavy atom. The molecule has 0 saturated heterocycles. The summed E-state index contributed by atoms with van der Waals surface area (Å²) in [5.41, 5.74) is 1.35. The minimum atomic E-state index is 1.07. The largest absolute Gasteiger partial charge is 0.331 e. The fourth-order valence-corrected chi connectivity index (χ4v) is 2.12. The fourth-order valence-electron chi connectivity index (χ4n) is 1.41. The SMILES string of the molecule is CCC1=CC=CN2CCSN=C12. The average molecular weight is 180 g/mol. The van der Waals surface area contributed by atoms with E-state index in [1.165, 1.54) is 5.57 Å². The minimum Gasteiger partial charge on any atom is -0.331 e. The summed E-state index contributed by atoms with van der Waals surface area (Å²) in [6.45, 7) is 3.27. The number of hydrogen-bond donors (Lipinski definition) is 0. The maximum absolute atomic E-state index is 4.44. The summed E-state index contributed by atoms with van der Waals surface area (Å²) in [6.07, 6.45) is 7.44. The van der Waals surface area contributed by atoms with Gasteiger partial charge in [-0.3, -0.25) is 0 Å². The van der Waals surface area contributed by atoms with Gasteiger partial charge in [-0.25, -0.2) is 0 Å². The minimum absolute atomic E-state index is 1.07. The van der Waals surface area contributed by atoms with Crippen LogP contribution in [-0.4, -0.2) is 23.0 Å². The van der Waals surface area contributed by atoms with Gasteiger partial charge in [0.25, 0.3) is 0 Å². The molecule has 2 nitrogen and oxygen atoms in total. The summed E-state index contributed by atoms with van der Waals surface area (Å²) in [5.74, 6) is 2.27. The van der Waals surface area contributed by atoms with Gasteiger partial charge in [0.1, 0.15) is 5.84 Å². The lowest BCUT2D eigenvalue weighted by Gasteiger charge is -2.28. The van der Waals surface area contributed by atoms with Crippen molar-refractivity contribution in [3.63, 3.8) is 0 Å². The Balaban J connectivity index is 2.30. The van der Waals surface area contributed by atoms with Crippen LogP contribution in [0.15, 0.2) is 28.3 Å². The zero-order valence-corrected chi connectivity index (χ0v) is 7.97. The predicted molar refractivity (Wildman–Crippen MR) is 54.1 cm³/mol. The van der Waals surface area contributed by atoms with Gasteiger partial charge in [0, 0.05) is 18.5 Å². The summed E-state index contributed by atoms with van der Waals surface area (Å²) in [7, 11) is 0. The average Bonchev–Trinajstić information content (AvgIpc) is 2.17. The highest BCUT2D eigenvalue weighted by atomic mass is 32.2. The van der Waals surface area contributed by atoms with Gasteiger partial charge in [0.05, 0.1) is 0 Å². The maximum atomic E-state index is 4.44. The molecule has 0 unspecified atom stereocenters. The number of allylic oxidation sites excluding steroid dienone is 2. The van der Waals surface area contributed by atoms with Gasteiger partial charge >= 0.3 is 0 Å². The van der Waals surface area contributed by atoms with E-state index in [2.05, 4.69) is 34.6 Å². The monoisotopic (exact) mass is 180 g/mol. The van der Waals surface area contributed by atoms with E-state index < -0.39 is 0 Å². The van der Waals surface area contributed by atoms with Gasteiger partial charge in [-0.2, -0.15) is 4.40 Å². The highest BCUT2D eigenvalue weighted by Crippen LogP contribution is 2.21. The second-order valence-corrected chi connectivity index (χ2v) is 3.68. The van der Waals surface area contributed by atoms with E-state index in [0.717, 1.165) is 24.6 Å².